The third-order valence-electron chi connectivity index (χ3n) is 3.30. The first-order valence-electron chi connectivity index (χ1n) is 7.18. The number of halogens is 1. The summed E-state index contributed by atoms with van der Waals surface area (Å²) in [6, 6.07) is 4.89. The van der Waals surface area contributed by atoms with Crippen LogP contribution < -0.4 is 9.62 Å². The first-order chi connectivity index (χ1) is 10.1. The van der Waals surface area contributed by atoms with Gasteiger partial charge < -0.3 is 5.32 Å². The Hall–Kier alpha value is -1.27. The molecule has 22 heavy (non-hydrogen) atoms. The molecule has 0 radical (unpaired) electrons. The van der Waals surface area contributed by atoms with Crippen LogP contribution in [0.3, 0.4) is 0 Å². The molecule has 1 aliphatic rings. The van der Waals surface area contributed by atoms with Crippen LogP contribution in [0.25, 0.3) is 0 Å². The van der Waals surface area contributed by atoms with Crippen LogP contribution in [0.5, 0.6) is 0 Å². The smallest absolute Gasteiger partial charge is 0.235 e. The molecule has 1 aliphatic heterocycles. The number of carbonyl (C=O) groups excluding carboxylic acids is 1. The number of carbonyl (C=O) groups is 1. The number of rotatable bonds is 3. The molecule has 1 aromatic rings. The van der Waals surface area contributed by atoms with E-state index in [1.807, 2.05) is 20.8 Å². The summed E-state index contributed by atoms with van der Waals surface area (Å²) in [5.41, 5.74) is 0.924. The molecule has 0 saturated carbocycles. The van der Waals surface area contributed by atoms with E-state index in [1.165, 1.54) is 4.31 Å². The van der Waals surface area contributed by atoms with E-state index >= 15 is 0 Å². The zero-order chi connectivity index (χ0) is 16.5. The van der Waals surface area contributed by atoms with E-state index in [0.717, 1.165) is 0 Å². The molecule has 1 saturated heterocycles. The lowest BCUT2D eigenvalue weighted by Gasteiger charge is -2.19. The first kappa shape index (κ1) is 17.1. The Bertz CT molecular complexity index is 681. The van der Waals surface area contributed by atoms with E-state index in [4.69, 9.17) is 11.6 Å². The third kappa shape index (κ3) is 4.14. The van der Waals surface area contributed by atoms with Crippen LogP contribution >= 0.6 is 11.6 Å². The number of sulfonamides is 1. The van der Waals surface area contributed by atoms with Crippen molar-refractivity contribution in [1.29, 1.82) is 0 Å². The number of nitrogens with zero attached hydrogens (tertiary/aromatic N) is 1. The fourth-order valence-electron chi connectivity index (χ4n) is 2.37. The molecule has 2 rings (SSSR count). The van der Waals surface area contributed by atoms with Gasteiger partial charge in [0.25, 0.3) is 0 Å². The molecule has 0 bridgehead atoms. The summed E-state index contributed by atoms with van der Waals surface area (Å²) in [5.74, 6) is 0.0465. The second-order valence-corrected chi connectivity index (χ2v) is 9.11. The molecule has 0 unspecified atom stereocenters. The highest BCUT2D eigenvalue weighted by Gasteiger charge is 2.28. The maximum absolute atomic E-state index is 11.9. The van der Waals surface area contributed by atoms with Gasteiger partial charge in [-0.05, 0) is 30.0 Å². The monoisotopic (exact) mass is 344 g/mol. The highest BCUT2D eigenvalue weighted by Crippen LogP contribution is 2.31. The van der Waals surface area contributed by atoms with Gasteiger partial charge in [-0.2, -0.15) is 0 Å². The normalized spacial score (nSPS) is 17.5. The van der Waals surface area contributed by atoms with Crippen LogP contribution in [0.4, 0.5) is 11.4 Å². The van der Waals surface area contributed by atoms with Gasteiger partial charge >= 0.3 is 0 Å². The summed E-state index contributed by atoms with van der Waals surface area (Å²) < 4.78 is 25.2. The fourth-order valence-corrected chi connectivity index (χ4v) is 4.14. The van der Waals surface area contributed by atoms with Crippen molar-refractivity contribution in [3.63, 3.8) is 0 Å². The van der Waals surface area contributed by atoms with Crippen molar-refractivity contribution >= 4 is 38.9 Å². The maximum atomic E-state index is 11.9. The zero-order valence-corrected chi connectivity index (χ0v) is 14.6. The fraction of sp³-hybridized carbons (Fsp3) is 0.533. The minimum atomic E-state index is -3.23. The summed E-state index contributed by atoms with van der Waals surface area (Å²) in [5, 5.41) is 3.10. The lowest BCUT2D eigenvalue weighted by molar-refractivity contribution is -0.117. The van der Waals surface area contributed by atoms with Gasteiger partial charge in [0.15, 0.2) is 0 Å². The molecule has 1 N–H and O–H groups in total. The minimum Gasteiger partial charge on any atom is -0.325 e. The predicted molar refractivity (Wildman–Crippen MR) is 89.9 cm³/mol. The van der Waals surface area contributed by atoms with E-state index in [-0.39, 0.29) is 17.1 Å². The van der Waals surface area contributed by atoms with Crippen LogP contribution in [0.2, 0.25) is 5.02 Å². The van der Waals surface area contributed by atoms with Crippen molar-refractivity contribution in [1.82, 2.24) is 0 Å². The second kappa shape index (κ2) is 6.08. The first-order valence-corrected chi connectivity index (χ1v) is 9.17. The van der Waals surface area contributed by atoms with Crippen molar-refractivity contribution in [3.05, 3.63) is 23.2 Å². The molecule has 5 nitrogen and oxygen atoms in total. The largest absolute Gasteiger partial charge is 0.325 e. The lowest BCUT2D eigenvalue weighted by Crippen LogP contribution is -2.25. The molecule has 7 heteroatoms. The Morgan fingerprint density at radius 3 is 2.55 bits per heavy atom. The topological polar surface area (TPSA) is 66.5 Å². The lowest BCUT2D eigenvalue weighted by atomic mass is 9.92. The molecule has 0 aliphatic carbocycles. The molecular weight excluding hydrogens is 324 g/mol. The standard InChI is InChI=1S/C15H21ClN2O3S/c1-15(2,3)10-14(19)17-13-6-5-11(9-12(13)16)18-7-4-8-22(18,20)21/h5-6,9H,4,7-8,10H2,1-3H3,(H,17,19). The van der Waals surface area contributed by atoms with Crippen LogP contribution in [0.1, 0.15) is 33.6 Å². The van der Waals surface area contributed by atoms with Gasteiger partial charge in [-0.1, -0.05) is 32.4 Å². The number of hydrogen-bond acceptors (Lipinski definition) is 3. The summed E-state index contributed by atoms with van der Waals surface area (Å²) in [7, 11) is -3.23. The average Bonchev–Trinajstić information content (AvgIpc) is 2.69. The molecule has 0 atom stereocenters. The van der Waals surface area contributed by atoms with E-state index < -0.39 is 10.0 Å². The number of hydrogen-bond donors (Lipinski definition) is 1. The quantitative estimate of drug-likeness (QED) is 0.915. The van der Waals surface area contributed by atoms with Crippen molar-refractivity contribution in [3.8, 4) is 0 Å². The van der Waals surface area contributed by atoms with E-state index in [0.29, 0.717) is 35.8 Å². The summed E-state index contributed by atoms with van der Waals surface area (Å²) >= 11 is 6.18. The zero-order valence-electron chi connectivity index (χ0n) is 13.0. The van der Waals surface area contributed by atoms with Gasteiger partial charge in [0.1, 0.15) is 0 Å². The summed E-state index contributed by atoms with van der Waals surface area (Å²) in [6.45, 7) is 6.41. The molecule has 1 amide bonds. The number of nitrogens with one attached hydrogen (secondary N) is 1. The minimum absolute atomic E-state index is 0.111. The molecule has 1 heterocycles. The van der Waals surface area contributed by atoms with E-state index in [1.54, 1.807) is 18.2 Å². The van der Waals surface area contributed by atoms with Gasteiger partial charge in [0.05, 0.1) is 22.2 Å². The van der Waals surface area contributed by atoms with Crippen molar-refractivity contribution in [2.45, 2.75) is 33.6 Å². The SMILES string of the molecule is CC(C)(C)CC(=O)Nc1ccc(N2CCCS2(=O)=O)cc1Cl. The van der Waals surface area contributed by atoms with Gasteiger partial charge in [-0.25, -0.2) is 8.42 Å². The molecule has 0 aromatic heterocycles. The van der Waals surface area contributed by atoms with Gasteiger partial charge in [-0.15, -0.1) is 0 Å². The molecule has 1 fully saturated rings. The van der Waals surface area contributed by atoms with Crippen molar-refractivity contribution < 1.29 is 13.2 Å². The molecule has 122 valence electrons. The van der Waals surface area contributed by atoms with Crippen LogP contribution in [0, 0.1) is 5.41 Å². The number of anilines is 2. The Labute approximate surface area is 136 Å². The predicted octanol–water partition coefficient (Wildman–Crippen LogP) is 3.25. The van der Waals surface area contributed by atoms with E-state index in [2.05, 4.69) is 5.32 Å². The van der Waals surface area contributed by atoms with Gasteiger partial charge in [-0.3, -0.25) is 9.10 Å². The van der Waals surface area contributed by atoms with E-state index in [9.17, 15) is 13.2 Å². The maximum Gasteiger partial charge on any atom is 0.235 e. The molecular formula is C15H21ClN2O3S. The van der Waals surface area contributed by atoms with Crippen LogP contribution in [-0.4, -0.2) is 26.6 Å². The number of amides is 1. The number of benzene rings is 1. The Morgan fingerprint density at radius 2 is 2.05 bits per heavy atom. The molecule has 1 aromatic carbocycles. The average molecular weight is 345 g/mol. The van der Waals surface area contributed by atoms with Crippen molar-refractivity contribution in [2.24, 2.45) is 5.41 Å². The summed E-state index contributed by atoms with van der Waals surface area (Å²) in [4.78, 5) is 11.9. The Balaban J connectivity index is 2.15. The second-order valence-electron chi connectivity index (χ2n) is 6.69. The van der Waals surface area contributed by atoms with Crippen molar-refractivity contribution in [2.75, 3.05) is 21.9 Å². The third-order valence-corrected chi connectivity index (χ3v) is 5.49. The summed E-state index contributed by atoms with van der Waals surface area (Å²) in [6.07, 6.45) is 0.996. The van der Waals surface area contributed by atoms with Crippen LogP contribution in [0.15, 0.2) is 18.2 Å². The van der Waals surface area contributed by atoms with Gasteiger partial charge in [0.2, 0.25) is 15.9 Å². The Morgan fingerprint density at radius 1 is 1.36 bits per heavy atom. The van der Waals surface area contributed by atoms with Gasteiger partial charge in [0, 0.05) is 13.0 Å². The molecule has 0 spiro atoms. The highest BCUT2D eigenvalue weighted by molar-refractivity contribution is 7.93. The Kier molecular flexibility index (Phi) is 4.73. The van der Waals surface area contributed by atoms with Crippen LogP contribution in [-0.2, 0) is 14.8 Å². The highest BCUT2D eigenvalue weighted by atomic mass is 35.5.